The number of likely N-dealkylation sites (N-methyl/N-ethyl adjacent to an activating group) is 1. The molecule has 15 heteroatoms. The van der Waals surface area contributed by atoms with Crippen molar-refractivity contribution < 1.29 is 53.0 Å². The summed E-state index contributed by atoms with van der Waals surface area (Å²) >= 11 is 1.87. The second-order valence-corrected chi connectivity index (χ2v) is 18.6. The summed E-state index contributed by atoms with van der Waals surface area (Å²) in [7, 11) is 0. The lowest BCUT2D eigenvalue weighted by Gasteiger charge is -2.25. The molecule has 64 heavy (non-hydrogen) atoms. The first-order valence-corrected chi connectivity index (χ1v) is 23.3. The van der Waals surface area contributed by atoms with Crippen molar-refractivity contribution >= 4 is 58.8 Å². The Labute approximate surface area is 385 Å². The number of hydrogen-bond acceptors (Lipinski definition) is 13. The molecule has 1 amide bonds. The van der Waals surface area contributed by atoms with Gasteiger partial charge in [0, 0.05) is 63.7 Å². The predicted molar refractivity (Wildman–Crippen MR) is 251 cm³/mol. The van der Waals surface area contributed by atoms with Crippen molar-refractivity contribution in [1.82, 2.24) is 5.32 Å². The van der Waals surface area contributed by atoms with Gasteiger partial charge in [-0.15, -0.1) is 8.67 Å². The molecule has 5 rings (SSSR count). The van der Waals surface area contributed by atoms with Gasteiger partial charge in [-0.3, -0.25) is 9.59 Å². The number of carbonyl (C=O) groups is 3. The summed E-state index contributed by atoms with van der Waals surface area (Å²) in [6, 6.07) is 16.9. The van der Waals surface area contributed by atoms with Gasteiger partial charge in [0.2, 0.25) is 11.6 Å². The number of anilines is 1. The fourth-order valence-corrected chi connectivity index (χ4v) is 9.42. The van der Waals surface area contributed by atoms with Gasteiger partial charge in [0.1, 0.15) is 6.54 Å². The number of nitrogens with one attached hydrogen (secondary N) is 1. The Bertz CT molecular complexity index is 2250. The highest BCUT2D eigenvalue weighted by molar-refractivity contribution is 7.94. The van der Waals surface area contributed by atoms with Crippen molar-refractivity contribution in [3.05, 3.63) is 118 Å². The Hall–Kier alpha value is -4.58. The van der Waals surface area contributed by atoms with E-state index < -0.39 is 18.6 Å². The molecule has 2 heterocycles. The maximum absolute atomic E-state index is 13.2. The normalized spacial score (nSPS) is 16.2. The van der Waals surface area contributed by atoms with Crippen LogP contribution in [0.5, 0.6) is 0 Å². The van der Waals surface area contributed by atoms with Crippen LogP contribution in [-0.2, 0) is 43.9 Å². The van der Waals surface area contributed by atoms with Crippen LogP contribution in [0.2, 0.25) is 0 Å². The van der Waals surface area contributed by atoms with Gasteiger partial charge >= 0.3 is 5.97 Å². The Morgan fingerprint density at radius 3 is 2.16 bits per heavy atom. The molecule has 0 fully saturated rings. The van der Waals surface area contributed by atoms with E-state index in [4.69, 9.17) is 19.6 Å². The molecule has 1 atom stereocenters. The van der Waals surface area contributed by atoms with E-state index in [-0.39, 0.29) is 28.9 Å². The smallest absolute Gasteiger partial charge is 0.339 e. The first-order chi connectivity index (χ1) is 30.7. The van der Waals surface area contributed by atoms with Gasteiger partial charge in [-0.2, -0.15) is 4.58 Å². The van der Waals surface area contributed by atoms with Crippen molar-refractivity contribution in [3.63, 3.8) is 0 Å². The maximum atomic E-state index is 13.2. The number of amides is 1. The maximum Gasteiger partial charge on any atom is 0.339 e. The minimum atomic E-state index is -0.721. The van der Waals surface area contributed by atoms with E-state index in [9.17, 15) is 14.4 Å². The molecule has 0 aromatic heterocycles. The minimum absolute atomic E-state index is 0.197. The lowest BCUT2D eigenvalue weighted by molar-refractivity contribution is -0.438. The van der Waals surface area contributed by atoms with Crippen molar-refractivity contribution in [2.24, 2.45) is 0 Å². The third kappa shape index (κ3) is 12.2. The number of ketones is 1. The summed E-state index contributed by atoms with van der Waals surface area (Å²) in [4.78, 5) is 43.1. The number of aryl methyl sites for hydroxylation is 2. The molecule has 3 aromatic carbocycles. The van der Waals surface area contributed by atoms with Crippen molar-refractivity contribution in [2.75, 3.05) is 24.6 Å². The number of fused-ring (bicyclic) bond motifs is 2. The SMILES string of the molecule is CCCC[C@H](NC(=O)CCCCC[N+]1=C(/C=C/C=C/C=C2/N(CC)c3ccc(SOOO)cc3C2(C)C)C(C)(C)c2cc(SOOO)ccc21)C(=O)COC(=O)c1c(C)cccc1C. The Morgan fingerprint density at radius 1 is 0.828 bits per heavy atom. The Balaban J connectivity index is 1.24. The van der Waals surface area contributed by atoms with Crippen LogP contribution in [0.15, 0.2) is 100 Å². The van der Waals surface area contributed by atoms with Crippen LogP contribution < -0.4 is 10.2 Å². The molecule has 3 N–H and O–H groups in total. The monoisotopic (exact) mass is 916 g/mol. The first kappa shape index (κ1) is 50.4. The molecule has 0 unspecified atom stereocenters. The molecule has 0 saturated carbocycles. The van der Waals surface area contributed by atoms with E-state index in [1.165, 1.54) is 0 Å². The van der Waals surface area contributed by atoms with Gasteiger partial charge in [-0.05, 0) is 107 Å². The number of Topliss-reactive ketones (excluding diaryl/α,β-unsaturated/α-hetero) is 1. The number of nitrogens with zero attached hydrogens (tertiary/aromatic N) is 2. The standard InChI is InChI=1S/C49H61N3O10S2/c1-9-11-21-39(42(53)32-58-47(55)46-33(3)19-18-20-34(46)4)50-45(54)24-16-13-17-29-52-41-28-26-36(64-62-60-57)31-38(41)49(7,8)44(52)23-15-12-14-22-43-48(5,6)37-30-35(63-61-59-56)25-27-40(37)51(43)10-2/h12,14-15,18-20,22-23,25-28,30-31,39H,9-11,13,16-17,21,24,29,32H2,1-8H3,(H2-,50,54,56,57)/p+1/t39-/m0/s1. The van der Waals surface area contributed by atoms with Crippen LogP contribution >= 0.6 is 24.1 Å². The van der Waals surface area contributed by atoms with Gasteiger partial charge in [0.05, 0.1) is 41.1 Å². The van der Waals surface area contributed by atoms with Crippen LogP contribution in [-0.4, -0.2) is 64.2 Å². The number of benzene rings is 3. The van der Waals surface area contributed by atoms with Crippen LogP contribution in [0.25, 0.3) is 0 Å². The molecular formula is C49H62N3O10S2+. The van der Waals surface area contributed by atoms with Crippen LogP contribution in [0, 0.1) is 13.8 Å². The number of ether oxygens (including phenoxy) is 1. The molecule has 0 bridgehead atoms. The minimum Gasteiger partial charge on any atom is -0.454 e. The number of carbonyl (C=O) groups excluding carboxylic acids is 3. The van der Waals surface area contributed by atoms with E-state index in [1.54, 1.807) is 0 Å². The Kier molecular flexibility index (Phi) is 18.6. The number of hydrogen-bond donors (Lipinski definition) is 3. The molecule has 13 nitrogen and oxygen atoms in total. The highest BCUT2D eigenvalue weighted by atomic mass is 32.2. The molecular weight excluding hydrogens is 855 g/mol. The van der Waals surface area contributed by atoms with Crippen molar-refractivity contribution in [1.29, 1.82) is 0 Å². The first-order valence-electron chi connectivity index (χ1n) is 21.8. The highest BCUT2D eigenvalue weighted by Crippen LogP contribution is 2.49. The zero-order valence-corrected chi connectivity index (χ0v) is 39.7. The lowest BCUT2D eigenvalue weighted by atomic mass is 9.81. The largest absolute Gasteiger partial charge is 0.454 e. The zero-order valence-electron chi connectivity index (χ0n) is 38.1. The summed E-state index contributed by atoms with van der Waals surface area (Å²) in [6.07, 6.45) is 15.1. The molecule has 2 aliphatic rings. The Morgan fingerprint density at radius 2 is 1.50 bits per heavy atom. The molecule has 3 aromatic rings. The number of unbranched alkanes of at least 4 members (excludes halogenated alkanes) is 3. The average molecular weight is 917 g/mol. The fourth-order valence-electron chi connectivity index (χ4n) is 8.63. The highest BCUT2D eigenvalue weighted by Gasteiger charge is 2.44. The number of esters is 1. The van der Waals surface area contributed by atoms with E-state index in [0.717, 1.165) is 111 Å². The van der Waals surface area contributed by atoms with E-state index >= 15 is 0 Å². The topological polar surface area (TPSA) is 156 Å². The van der Waals surface area contributed by atoms with Gasteiger partial charge < -0.3 is 15.0 Å². The van der Waals surface area contributed by atoms with Crippen molar-refractivity contribution in [2.45, 2.75) is 127 Å². The van der Waals surface area contributed by atoms with Crippen molar-refractivity contribution in [3.8, 4) is 0 Å². The van der Waals surface area contributed by atoms with Crippen LogP contribution in [0.4, 0.5) is 11.4 Å². The van der Waals surface area contributed by atoms with Gasteiger partial charge in [-0.1, -0.05) is 80.1 Å². The van der Waals surface area contributed by atoms with Gasteiger partial charge in [0.15, 0.2) is 18.1 Å². The van der Waals surface area contributed by atoms with E-state index in [2.05, 4.69) is 100 Å². The average Bonchev–Trinajstić information content (AvgIpc) is 3.62. The fraction of sp³-hybridized carbons (Fsp3) is 0.429. The van der Waals surface area contributed by atoms with Gasteiger partial charge in [-0.25, -0.2) is 15.3 Å². The quantitative estimate of drug-likeness (QED) is 0.0149. The lowest BCUT2D eigenvalue weighted by Crippen LogP contribution is -2.42. The molecule has 2 aliphatic heterocycles. The molecule has 0 radical (unpaired) electrons. The van der Waals surface area contributed by atoms with Crippen LogP contribution in [0.1, 0.15) is 119 Å². The summed E-state index contributed by atoms with van der Waals surface area (Å²) in [5, 5.41) is 28.0. The predicted octanol–water partition coefficient (Wildman–Crippen LogP) is 11.0. The second-order valence-electron chi connectivity index (χ2n) is 17.0. The molecule has 0 aliphatic carbocycles. The molecule has 0 saturated heterocycles. The third-order valence-electron chi connectivity index (χ3n) is 12.0. The number of allylic oxidation sites excluding steroid dienone is 6. The van der Waals surface area contributed by atoms with Gasteiger partial charge in [0.25, 0.3) is 0 Å². The third-order valence-corrected chi connectivity index (χ3v) is 13.1. The van der Waals surface area contributed by atoms with E-state index in [0.29, 0.717) is 24.9 Å². The zero-order chi connectivity index (χ0) is 46.4. The second kappa shape index (κ2) is 23.6. The summed E-state index contributed by atoms with van der Waals surface area (Å²) in [5.41, 5.74) is 8.06. The summed E-state index contributed by atoms with van der Waals surface area (Å²) in [5.74, 6) is -1.05. The number of rotatable bonds is 24. The summed E-state index contributed by atoms with van der Waals surface area (Å²) in [6.45, 7) is 17.7. The summed E-state index contributed by atoms with van der Waals surface area (Å²) < 4.78 is 17.2. The molecule has 344 valence electrons. The van der Waals surface area contributed by atoms with Crippen LogP contribution in [0.3, 0.4) is 0 Å². The molecule has 0 spiro atoms. The van der Waals surface area contributed by atoms with E-state index in [1.807, 2.05) is 69.3 Å².